The Morgan fingerprint density at radius 2 is 1.48 bits per heavy atom. The Morgan fingerprint density at radius 3 is 2.07 bits per heavy atom. The first-order valence-corrected chi connectivity index (χ1v) is 10.2. The van der Waals surface area contributed by atoms with E-state index in [9.17, 15) is 18.0 Å². The van der Waals surface area contributed by atoms with Gasteiger partial charge in [-0.25, -0.2) is 13.1 Å². The highest BCUT2D eigenvalue weighted by molar-refractivity contribution is 7.89. The molecule has 2 amide bonds. The summed E-state index contributed by atoms with van der Waals surface area (Å²) in [6.45, 7) is 1.07. The van der Waals surface area contributed by atoms with Crippen molar-refractivity contribution < 1.29 is 18.0 Å². The van der Waals surface area contributed by atoms with Crippen LogP contribution in [0.15, 0.2) is 54.6 Å². The number of nitrogens with one attached hydrogen (secondary N) is 3. The highest BCUT2D eigenvalue weighted by Gasteiger charge is 2.12. The third-order valence-electron chi connectivity index (χ3n) is 3.66. The summed E-state index contributed by atoms with van der Waals surface area (Å²) in [5.74, 6) is -0.692. The van der Waals surface area contributed by atoms with Crippen LogP contribution in [-0.4, -0.2) is 32.5 Å². The Labute approximate surface area is 159 Å². The molecule has 0 fully saturated rings. The molecule has 0 unspecified atom stereocenters. The summed E-state index contributed by atoms with van der Waals surface area (Å²) in [6.07, 6.45) is 1.14. The van der Waals surface area contributed by atoms with E-state index in [0.29, 0.717) is 24.2 Å². The minimum atomic E-state index is -3.52. The van der Waals surface area contributed by atoms with Crippen molar-refractivity contribution in [1.82, 2.24) is 4.72 Å². The summed E-state index contributed by atoms with van der Waals surface area (Å²) in [5, 5.41) is 5.22. The van der Waals surface area contributed by atoms with Gasteiger partial charge in [0.15, 0.2) is 0 Å². The lowest BCUT2D eigenvalue weighted by Crippen LogP contribution is -2.34. The van der Waals surface area contributed by atoms with Crippen molar-refractivity contribution >= 4 is 33.2 Å². The van der Waals surface area contributed by atoms with Crippen LogP contribution >= 0.6 is 0 Å². The maximum Gasteiger partial charge on any atom is 0.239 e. The molecule has 0 aromatic heterocycles. The second-order valence-corrected chi connectivity index (χ2v) is 7.96. The van der Waals surface area contributed by atoms with E-state index in [0.717, 1.165) is 5.56 Å². The third kappa shape index (κ3) is 8.02. The number of hydrogen-bond acceptors (Lipinski definition) is 4. The van der Waals surface area contributed by atoms with Crippen LogP contribution < -0.4 is 15.4 Å². The van der Waals surface area contributed by atoms with Crippen LogP contribution in [0.25, 0.3) is 0 Å². The molecule has 0 saturated heterocycles. The van der Waals surface area contributed by atoms with Crippen LogP contribution in [0, 0.1) is 0 Å². The second kappa shape index (κ2) is 9.84. The van der Waals surface area contributed by atoms with Crippen LogP contribution in [0.3, 0.4) is 0 Å². The van der Waals surface area contributed by atoms with E-state index < -0.39 is 15.9 Å². The Kier molecular flexibility index (Phi) is 7.51. The molecule has 0 bridgehead atoms. The van der Waals surface area contributed by atoms with Crippen molar-refractivity contribution in [2.24, 2.45) is 0 Å². The van der Waals surface area contributed by atoms with Crippen molar-refractivity contribution in [2.45, 2.75) is 19.8 Å². The monoisotopic (exact) mass is 389 g/mol. The van der Waals surface area contributed by atoms with E-state index in [1.54, 1.807) is 24.3 Å². The molecule has 3 N–H and O–H groups in total. The Morgan fingerprint density at radius 1 is 0.889 bits per heavy atom. The highest BCUT2D eigenvalue weighted by Crippen LogP contribution is 2.13. The first-order valence-electron chi connectivity index (χ1n) is 8.53. The smallest absolute Gasteiger partial charge is 0.239 e. The van der Waals surface area contributed by atoms with Gasteiger partial charge < -0.3 is 10.6 Å². The van der Waals surface area contributed by atoms with Crippen LogP contribution in [0.1, 0.15) is 18.9 Å². The van der Waals surface area contributed by atoms with Crippen LogP contribution in [-0.2, 0) is 26.0 Å². The fourth-order valence-corrected chi connectivity index (χ4v) is 3.42. The van der Waals surface area contributed by atoms with E-state index in [2.05, 4.69) is 15.4 Å². The summed E-state index contributed by atoms with van der Waals surface area (Å²) in [4.78, 5) is 22.9. The number of carbonyl (C=O) groups is 2. The molecular formula is C19H23N3O4S. The molecule has 0 radical (unpaired) electrons. The second-order valence-electron chi connectivity index (χ2n) is 6.04. The first-order chi connectivity index (χ1) is 12.8. The normalized spacial score (nSPS) is 11.0. The van der Waals surface area contributed by atoms with Crippen molar-refractivity contribution in [1.29, 1.82) is 0 Å². The summed E-state index contributed by atoms with van der Waals surface area (Å²) in [6, 6.07) is 16.2. The maximum atomic E-state index is 12.0. The third-order valence-corrected chi connectivity index (χ3v) is 5.07. The maximum absolute atomic E-state index is 12.0. The standard InChI is InChI=1S/C19H23N3O4S/c1-15(23)21-17-9-11-18(12-10-17)22-19(24)14-20-27(25,26)13-5-8-16-6-3-2-4-7-16/h2-4,6-7,9-12,20H,5,8,13-14H2,1H3,(H,21,23)(H,22,24). The fraction of sp³-hybridized carbons (Fsp3) is 0.263. The molecule has 0 spiro atoms. The Hall–Kier alpha value is -2.71. The van der Waals surface area contributed by atoms with Gasteiger partial charge in [-0.2, -0.15) is 0 Å². The van der Waals surface area contributed by atoms with E-state index in [1.165, 1.54) is 6.92 Å². The Bertz CT molecular complexity index is 866. The molecule has 7 nitrogen and oxygen atoms in total. The predicted octanol–water partition coefficient (Wildman–Crippen LogP) is 2.14. The molecule has 0 saturated carbocycles. The van der Waals surface area contributed by atoms with E-state index in [1.807, 2.05) is 30.3 Å². The molecule has 0 atom stereocenters. The predicted molar refractivity (Wildman–Crippen MR) is 106 cm³/mol. The Balaban J connectivity index is 1.74. The summed E-state index contributed by atoms with van der Waals surface area (Å²) < 4.78 is 26.3. The van der Waals surface area contributed by atoms with Gasteiger partial charge in [-0.05, 0) is 42.7 Å². The number of rotatable bonds is 9. The number of sulfonamides is 1. The van der Waals surface area contributed by atoms with E-state index in [4.69, 9.17) is 0 Å². The van der Waals surface area contributed by atoms with Gasteiger partial charge in [0.1, 0.15) is 0 Å². The highest BCUT2D eigenvalue weighted by atomic mass is 32.2. The molecule has 144 valence electrons. The molecule has 0 aliphatic carbocycles. The molecule has 2 aromatic rings. The molecule has 27 heavy (non-hydrogen) atoms. The van der Waals surface area contributed by atoms with Crippen LogP contribution in [0.5, 0.6) is 0 Å². The van der Waals surface area contributed by atoms with Crippen molar-refractivity contribution in [3.05, 3.63) is 60.2 Å². The number of aryl methyl sites for hydroxylation is 1. The van der Waals surface area contributed by atoms with E-state index >= 15 is 0 Å². The SMILES string of the molecule is CC(=O)Nc1ccc(NC(=O)CNS(=O)(=O)CCCc2ccccc2)cc1. The molecule has 2 rings (SSSR count). The van der Waals surface area contributed by atoms with Crippen LogP contribution in [0.2, 0.25) is 0 Å². The minimum Gasteiger partial charge on any atom is -0.326 e. The minimum absolute atomic E-state index is 0.0411. The molecule has 2 aromatic carbocycles. The van der Waals surface area contributed by atoms with Crippen LogP contribution in [0.4, 0.5) is 11.4 Å². The molecule has 8 heteroatoms. The zero-order valence-electron chi connectivity index (χ0n) is 15.1. The lowest BCUT2D eigenvalue weighted by molar-refractivity contribution is -0.115. The first kappa shape index (κ1) is 20.6. The number of anilines is 2. The number of amides is 2. The summed E-state index contributed by atoms with van der Waals surface area (Å²) in [5.41, 5.74) is 2.20. The molecule has 0 heterocycles. The molecule has 0 aliphatic heterocycles. The fourth-order valence-electron chi connectivity index (χ4n) is 2.40. The van der Waals surface area contributed by atoms with Crippen molar-refractivity contribution in [3.63, 3.8) is 0 Å². The average Bonchev–Trinajstić information content (AvgIpc) is 2.62. The van der Waals surface area contributed by atoms with Gasteiger partial charge in [0.2, 0.25) is 21.8 Å². The zero-order chi connectivity index (χ0) is 19.7. The summed E-state index contributed by atoms with van der Waals surface area (Å²) in [7, 11) is -3.52. The van der Waals surface area contributed by atoms with Gasteiger partial charge in [0, 0.05) is 18.3 Å². The largest absolute Gasteiger partial charge is 0.326 e. The quantitative estimate of drug-likeness (QED) is 0.611. The van der Waals surface area contributed by atoms with Gasteiger partial charge in [-0.1, -0.05) is 30.3 Å². The van der Waals surface area contributed by atoms with Gasteiger partial charge in [-0.15, -0.1) is 0 Å². The van der Waals surface area contributed by atoms with E-state index in [-0.39, 0.29) is 18.2 Å². The number of carbonyl (C=O) groups excluding carboxylic acids is 2. The molecular weight excluding hydrogens is 366 g/mol. The lowest BCUT2D eigenvalue weighted by Gasteiger charge is -2.09. The lowest BCUT2D eigenvalue weighted by atomic mass is 10.1. The summed E-state index contributed by atoms with van der Waals surface area (Å²) >= 11 is 0. The number of benzene rings is 2. The van der Waals surface area contributed by atoms with Gasteiger partial charge >= 0.3 is 0 Å². The van der Waals surface area contributed by atoms with Crippen molar-refractivity contribution in [2.75, 3.05) is 22.9 Å². The van der Waals surface area contributed by atoms with Gasteiger partial charge in [-0.3, -0.25) is 9.59 Å². The number of hydrogen-bond donors (Lipinski definition) is 3. The van der Waals surface area contributed by atoms with Crippen molar-refractivity contribution in [3.8, 4) is 0 Å². The average molecular weight is 389 g/mol. The van der Waals surface area contributed by atoms with Gasteiger partial charge in [0.25, 0.3) is 0 Å². The van der Waals surface area contributed by atoms with Gasteiger partial charge in [0.05, 0.1) is 12.3 Å². The zero-order valence-corrected chi connectivity index (χ0v) is 15.9. The topological polar surface area (TPSA) is 104 Å². The molecule has 0 aliphatic rings.